The predicted octanol–water partition coefficient (Wildman–Crippen LogP) is 1.31. The first kappa shape index (κ1) is 10.2. The lowest BCUT2D eigenvalue weighted by Gasteiger charge is -2.17. The van der Waals surface area contributed by atoms with E-state index in [4.69, 9.17) is 4.74 Å². The van der Waals surface area contributed by atoms with Gasteiger partial charge in [-0.3, -0.25) is 4.79 Å². The van der Waals surface area contributed by atoms with E-state index in [0.29, 0.717) is 0 Å². The maximum atomic E-state index is 11.5. The van der Waals surface area contributed by atoms with Crippen LogP contribution in [-0.4, -0.2) is 25.7 Å². The minimum absolute atomic E-state index is 0.165. The molecule has 0 bridgehead atoms. The van der Waals surface area contributed by atoms with E-state index in [1.807, 2.05) is 18.2 Å². The summed E-state index contributed by atoms with van der Waals surface area (Å²) in [5.41, 5.74) is 1.21. The first-order chi connectivity index (χ1) is 7.33. The zero-order valence-electron chi connectivity index (χ0n) is 8.77. The molecule has 0 aromatic heterocycles. The molecular weight excluding hydrogens is 190 g/mol. The molecule has 3 heteroatoms. The summed E-state index contributed by atoms with van der Waals surface area (Å²) in [6, 6.07) is 9.93. The Bertz CT molecular complexity index is 337. The van der Waals surface area contributed by atoms with Gasteiger partial charge in [0.25, 0.3) is 0 Å². The van der Waals surface area contributed by atoms with Gasteiger partial charge in [-0.25, -0.2) is 0 Å². The van der Waals surface area contributed by atoms with Crippen molar-refractivity contribution in [1.29, 1.82) is 0 Å². The van der Waals surface area contributed by atoms with Gasteiger partial charge in [-0.2, -0.15) is 0 Å². The normalized spacial score (nSPS) is 25.1. The highest BCUT2D eigenvalue weighted by molar-refractivity contribution is 5.77. The summed E-state index contributed by atoms with van der Waals surface area (Å²) in [4.78, 5) is 11.5. The second kappa shape index (κ2) is 4.45. The molecule has 0 unspecified atom stereocenters. The molecule has 0 spiro atoms. The van der Waals surface area contributed by atoms with Crippen LogP contribution in [-0.2, 0) is 9.53 Å². The van der Waals surface area contributed by atoms with Gasteiger partial charge in [0.05, 0.1) is 7.11 Å². The van der Waals surface area contributed by atoms with Crippen molar-refractivity contribution >= 4 is 5.97 Å². The summed E-state index contributed by atoms with van der Waals surface area (Å²) < 4.78 is 4.78. The van der Waals surface area contributed by atoms with Gasteiger partial charge in [-0.05, 0) is 18.5 Å². The van der Waals surface area contributed by atoms with E-state index in [-0.39, 0.29) is 17.9 Å². The Balaban J connectivity index is 2.18. The van der Waals surface area contributed by atoms with E-state index >= 15 is 0 Å². The van der Waals surface area contributed by atoms with Crippen LogP contribution in [0.1, 0.15) is 17.9 Å². The maximum absolute atomic E-state index is 11.5. The molecule has 2 rings (SSSR count). The molecule has 2 atom stereocenters. The third-order valence-corrected chi connectivity index (χ3v) is 2.90. The molecule has 0 amide bonds. The fourth-order valence-corrected chi connectivity index (χ4v) is 2.14. The number of carbonyl (C=O) groups excluding carboxylic acids is 1. The highest BCUT2D eigenvalue weighted by atomic mass is 16.5. The van der Waals surface area contributed by atoms with Gasteiger partial charge in [0.1, 0.15) is 6.04 Å². The average Bonchev–Trinajstić information content (AvgIpc) is 2.78. The third kappa shape index (κ3) is 2.02. The van der Waals surface area contributed by atoms with E-state index in [1.54, 1.807) is 0 Å². The number of benzene rings is 1. The lowest BCUT2D eigenvalue weighted by Crippen LogP contribution is -2.35. The largest absolute Gasteiger partial charge is 0.468 e. The van der Waals surface area contributed by atoms with Crippen LogP contribution in [0.3, 0.4) is 0 Å². The van der Waals surface area contributed by atoms with Crippen molar-refractivity contribution in [1.82, 2.24) is 5.32 Å². The monoisotopic (exact) mass is 205 g/mol. The van der Waals surface area contributed by atoms with Crippen molar-refractivity contribution in [3.05, 3.63) is 35.9 Å². The summed E-state index contributed by atoms with van der Waals surface area (Å²) >= 11 is 0. The molecule has 1 N–H and O–H groups in total. The minimum atomic E-state index is -0.183. The van der Waals surface area contributed by atoms with Crippen molar-refractivity contribution in [3.8, 4) is 0 Å². The number of hydrogen-bond donors (Lipinski definition) is 1. The number of hydrogen-bond acceptors (Lipinski definition) is 3. The highest BCUT2D eigenvalue weighted by Gasteiger charge is 2.34. The van der Waals surface area contributed by atoms with Crippen molar-refractivity contribution in [3.63, 3.8) is 0 Å². The molecule has 0 radical (unpaired) electrons. The molecular formula is C12H15NO2. The van der Waals surface area contributed by atoms with Crippen LogP contribution in [0.4, 0.5) is 0 Å². The second-order valence-corrected chi connectivity index (χ2v) is 3.76. The van der Waals surface area contributed by atoms with E-state index in [1.165, 1.54) is 12.7 Å². The topological polar surface area (TPSA) is 38.3 Å². The van der Waals surface area contributed by atoms with E-state index < -0.39 is 0 Å². The SMILES string of the molecule is COC(=O)[C@@H]1NCC[C@H]1c1ccccc1. The molecule has 1 saturated heterocycles. The molecule has 1 fully saturated rings. The highest BCUT2D eigenvalue weighted by Crippen LogP contribution is 2.27. The maximum Gasteiger partial charge on any atom is 0.323 e. The Morgan fingerprint density at radius 1 is 1.40 bits per heavy atom. The van der Waals surface area contributed by atoms with Crippen molar-refractivity contribution in [2.24, 2.45) is 0 Å². The molecule has 15 heavy (non-hydrogen) atoms. The minimum Gasteiger partial charge on any atom is -0.468 e. The van der Waals surface area contributed by atoms with Crippen molar-refractivity contribution in [2.75, 3.05) is 13.7 Å². The standard InChI is InChI=1S/C12H15NO2/c1-15-12(14)11-10(7-8-13-11)9-5-3-2-4-6-9/h2-6,10-11,13H,7-8H2,1H3/t10-,11+/m0/s1. The number of esters is 1. The van der Waals surface area contributed by atoms with Gasteiger partial charge in [0.2, 0.25) is 0 Å². The lowest BCUT2D eigenvalue weighted by atomic mass is 9.92. The summed E-state index contributed by atoms with van der Waals surface area (Å²) in [7, 11) is 1.43. The molecule has 0 aliphatic carbocycles. The van der Waals surface area contributed by atoms with Crippen LogP contribution in [0.2, 0.25) is 0 Å². The summed E-state index contributed by atoms with van der Waals surface area (Å²) in [6.07, 6.45) is 0.990. The number of methoxy groups -OCH3 is 1. The molecule has 3 nitrogen and oxygen atoms in total. The van der Waals surface area contributed by atoms with Crippen molar-refractivity contribution in [2.45, 2.75) is 18.4 Å². The lowest BCUT2D eigenvalue weighted by molar-refractivity contribution is -0.143. The van der Waals surface area contributed by atoms with E-state index in [2.05, 4.69) is 17.4 Å². The predicted molar refractivity (Wildman–Crippen MR) is 57.6 cm³/mol. The van der Waals surface area contributed by atoms with E-state index in [9.17, 15) is 4.79 Å². The summed E-state index contributed by atoms with van der Waals surface area (Å²) in [5.74, 6) is 0.0833. The van der Waals surface area contributed by atoms with E-state index in [0.717, 1.165) is 13.0 Å². The Morgan fingerprint density at radius 3 is 2.80 bits per heavy atom. The van der Waals surface area contributed by atoms with Gasteiger partial charge in [-0.1, -0.05) is 30.3 Å². The van der Waals surface area contributed by atoms with Crippen LogP contribution in [0.5, 0.6) is 0 Å². The zero-order valence-corrected chi connectivity index (χ0v) is 8.77. The Hall–Kier alpha value is -1.35. The first-order valence-electron chi connectivity index (χ1n) is 5.19. The molecule has 1 aliphatic heterocycles. The second-order valence-electron chi connectivity index (χ2n) is 3.76. The Kier molecular flexibility index (Phi) is 3.02. The fraction of sp³-hybridized carbons (Fsp3) is 0.417. The van der Waals surface area contributed by atoms with Crippen LogP contribution in [0.15, 0.2) is 30.3 Å². The van der Waals surface area contributed by atoms with Gasteiger partial charge < -0.3 is 10.1 Å². The molecule has 1 aromatic rings. The number of nitrogens with one attached hydrogen (secondary N) is 1. The number of rotatable bonds is 2. The smallest absolute Gasteiger partial charge is 0.323 e. The zero-order chi connectivity index (χ0) is 10.7. The molecule has 0 saturated carbocycles. The number of carbonyl (C=O) groups is 1. The van der Waals surface area contributed by atoms with Crippen LogP contribution >= 0.6 is 0 Å². The van der Waals surface area contributed by atoms with Gasteiger partial charge in [0, 0.05) is 5.92 Å². The summed E-state index contributed by atoms with van der Waals surface area (Å²) in [6.45, 7) is 0.874. The third-order valence-electron chi connectivity index (χ3n) is 2.90. The van der Waals surface area contributed by atoms with Gasteiger partial charge in [0.15, 0.2) is 0 Å². The number of ether oxygens (including phenoxy) is 1. The van der Waals surface area contributed by atoms with Gasteiger partial charge >= 0.3 is 5.97 Å². The Labute approximate surface area is 89.4 Å². The first-order valence-corrected chi connectivity index (χ1v) is 5.19. The Morgan fingerprint density at radius 2 is 2.13 bits per heavy atom. The van der Waals surface area contributed by atoms with Crippen LogP contribution in [0, 0.1) is 0 Å². The molecule has 80 valence electrons. The molecule has 1 heterocycles. The van der Waals surface area contributed by atoms with Crippen LogP contribution < -0.4 is 5.32 Å². The van der Waals surface area contributed by atoms with Crippen LogP contribution in [0.25, 0.3) is 0 Å². The molecule has 1 aromatic carbocycles. The fourth-order valence-electron chi connectivity index (χ4n) is 2.14. The summed E-state index contributed by atoms with van der Waals surface area (Å²) in [5, 5.41) is 3.18. The quantitative estimate of drug-likeness (QED) is 0.740. The van der Waals surface area contributed by atoms with Gasteiger partial charge in [-0.15, -0.1) is 0 Å². The van der Waals surface area contributed by atoms with Crippen molar-refractivity contribution < 1.29 is 9.53 Å². The average molecular weight is 205 g/mol. The molecule has 1 aliphatic rings.